The van der Waals surface area contributed by atoms with Gasteiger partial charge in [0, 0.05) is 0 Å². The molecule has 0 aromatic carbocycles. The Labute approximate surface area is 126 Å². The van der Waals surface area contributed by atoms with E-state index in [9.17, 15) is 5.11 Å². The van der Waals surface area contributed by atoms with Gasteiger partial charge in [0.15, 0.2) is 0 Å². The molecule has 1 aliphatic carbocycles. The summed E-state index contributed by atoms with van der Waals surface area (Å²) in [5, 5.41) is 11.0. The predicted octanol–water partition coefficient (Wildman–Crippen LogP) is 6.01. The second-order valence-corrected chi connectivity index (χ2v) is 7.66. The third kappa shape index (κ3) is 5.60. The van der Waals surface area contributed by atoms with Crippen molar-refractivity contribution in [3.63, 3.8) is 0 Å². The Bertz CT molecular complexity index is 289. The number of hydrogen-bond acceptors (Lipinski definition) is 1. The molecule has 0 saturated heterocycles. The zero-order valence-electron chi connectivity index (χ0n) is 14.3. The summed E-state index contributed by atoms with van der Waals surface area (Å²) in [5.74, 6) is 0. The maximum atomic E-state index is 11.0. The second kappa shape index (κ2) is 8.22. The van der Waals surface area contributed by atoms with Crippen LogP contribution in [-0.2, 0) is 0 Å². The SMILES string of the molecule is CCCCCCC/C=C(\C(C)(C)C)C1(O)CCCCC1. The minimum Gasteiger partial charge on any atom is -0.385 e. The summed E-state index contributed by atoms with van der Waals surface area (Å²) >= 11 is 0. The number of aliphatic hydroxyl groups is 1. The minimum absolute atomic E-state index is 0.0928. The molecule has 0 radical (unpaired) electrons. The summed E-state index contributed by atoms with van der Waals surface area (Å²) in [6.07, 6.45) is 15.7. The van der Waals surface area contributed by atoms with Crippen molar-refractivity contribution in [2.45, 2.75) is 104 Å². The summed E-state index contributed by atoms with van der Waals surface area (Å²) in [4.78, 5) is 0. The molecule has 0 atom stereocenters. The molecule has 1 heteroatoms. The van der Waals surface area contributed by atoms with E-state index in [1.807, 2.05) is 0 Å². The molecule has 0 aliphatic heterocycles. The lowest BCUT2D eigenvalue weighted by Crippen LogP contribution is -2.39. The van der Waals surface area contributed by atoms with E-state index < -0.39 is 5.60 Å². The van der Waals surface area contributed by atoms with Crippen LogP contribution >= 0.6 is 0 Å². The van der Waals surface area contributed by atoms with E-state index >= 15 is 0 Å². The lowest BCUT2D eigenvalue weighted by Gasteiger charge is -2.41. The molecule has 20 heavy (non-hydrogen) atoms. The van der Waals surface area contributed by atoms with Crippen LogP contribution in [0.2, 0.25) is 0 Å². The van der Waals surface area contributed by atoms with E-state index in [0.717, 1.165) is 19.3 Å². The first-order chi connectivity index (χ1) is 9.40. The van der Waals surface area contributed by atoms with Gasteiger partial charge in [0.1, 0.15) is 0 Å². The molecule has 1 aliphatic rings. The average Bonchev–Trinajstić information content (AvgIpc) is 2.37. The number of rotatable bonds is 7. The van der Waals surface area contributed by atoms with Crippen molar-refractivity contribution >= 4 is 0 Å². The largest absolute Gasteiger partial charge is 0.385 e. The fourth-order valence-electron chi connectivity index (χ4n) is 3.59. The van der Waals surface area contributed by atoms with E-state index in [4.69, 9.17) is 0 Å². The summed E-state index contributed by atoms with van der Waals surface area (Å²) in [5.41, 5.74) is 0.885. The minimum atomic E-state index is -0.514. The van der Waals surface area contributed by atoms with Crippen LogP contribution in [0.25, 0.3) is 0 Å². The van der Waals surface area contributed by atoms with Crippen molar-refractivity contribution in [1.82, 2.24) is 0 Å². The van der Waals surface area contributed by atoms with E-state index in [2.05, 4.69) is 33.8 Å². The van der Waals surface area contributed by atoms with Gasteiger partial charge in [0.25, 0.3) is 0 Å². The molecule has 1 fully saturated rings. The van der Waals surface area contributed by atoms with Crippen molar-refractivity contribution in [3.8, 4) is 0 Å². The molecule has 0 bridgehead atoms. The molecule has 0 heterocycles. The Morgan fingerprint density at radius 2 is 1.60 bits per heavy atom. The molecule has 1 rings (SSSR count). The van der Waals surface area contributed by atoms with Gasteiger partial charge in [0.05, 0.1) is 5.60 Å². The van der Waals surface area contributed by atoms with Gasteiger partial charge in [-0.1, -0.05) is 78.7 Å². The van der Waals surface area contributed by atoms with Crippen LogP contribution < -0.4 is 0 Å². The molecule has 0 amide bonds. The average molecular weight is 280 g/mol. The molecule has 0 aromatic heterocycles. The summed E-state index contributed by atoms with van der Waals surface area (Å²) in [6.45, 7) is 9.02. The van der Waals surface area contributed by atoms with E-state index in [0.29, 0.717) is 0 Å². The number of unbranched alkanes of at least 4 members (excludes halogenated alkanes) is 5. The first-order valence-electron chi connectivity index (χ1n) is 8.83. The standard InChI is InChI=1S/C19H36O/c1-5-6-7-8-9-11-14-17(18(2,3)4)19(20)15-12-10-13-16-19/h14,20H,5-13,15-16H2,1-4H3/b17-14+. The highest BCUT2D eigenvalue weighted by molar-refractivity contribution is 5.23. The lowest BCUT2D eigenvalue weighted by molar-refractivity contribution is 0.0231. The molecule has 118 valence electrons. The van der Waals surface area contributed by atoms with Gasteiger partial charge in [-0.25, -0.2) is 0 Å². The molecule has 1 nitrogen and oxygen atoms in total. The van der Waals surface area contributed by atoms with Gasteiger partial charge in [-0.15, -0.1) is 0 Å². The van der Waals surface area contributed by atoms with Gasteiger partial charge in [-0.2, -0.15) is 0 Å². The second-order valence-electron chi connectivity index (χ2n) is 7.66. The van der Waals surface area contributed by atoms with Gasteiger partial charge < -0.3 is 5.11 Å². The van der Waals surface area contributed by atoms with E-state index in [1.165, 1.54) is 56.9 Å². The van der Waals surface area contributed by atoms with Crippen LogP contribution in [0, 0.1) is 5.41 Å². The Morgan fingerprint density at radius 1 is 1.00 bits per heavy atom. The third-order valence-electron chi connectivity index (χ3n) is 4.65. The zero-order valence-corrected chi connectivity index (χ0v) is 14.3. The maximum Gasteiger partial charge on any atom is 0.0861 e. The number of allylic oxidation sites excluding steroid dienone is 1. The van der Waals surface area contributed by atoms with Crippen LogP contribution in [-0.4, -0.2) is 10.7 Å². The van der Waals surface area contributed by atoms with E-state index in [1.54, 1.807) is 0 Å². The van der Waals surface area contributed by atoms with Crippen molar-refractivity contribution < 1.29 is 5.11 Å². The molecule has 0 aromatic rings. The van der Waals surface area contributed by atoms with Crippen LogP contribution in [0.5, 0.6) is 0 Å². The van der Waals surface area contributed by atoms with Crippen LogP contribution in [0.15, 0.2) is 11.6 Å². The molecule has 0 spiro atoms. The summed E-state index contributed by atoms with van der Waals surface area (Å²) in [7, 11) is 0. The van der Waals surface area contributed by atoms with Crippen molar-refractivity contribution in [1.29, 1.82) is 0 Å². The Morgan fingerprint density at radius 3 is 2.15 bits per heavy atom. The normalized spacial score (nSPS) is 20.1. The smallest absolute Gasteiger partial charge is 0.0861 e. The first-order valence-corrected chi connectivity index (χ1v) is 8.83. The highest BCUT2D eigenvalue weighted by Gasteiger charge is 2.38. The lowest BCUT2D eigenvalue weighted by atomic mass is 9.69. The van der Waals surface area contributed by atoms with Crippen LogP contribution in [0.3, 0.4) is 0 Å². The quantitative estimate of drug-likeness (QED) is 0.447. The van der Waals surface area contributed by atoms with Gasteiger partial charge in [-0.3, -0.25) is 0 Å². The molecule has 1 saturated carbocycles. The Kier molecular flexibility index (Phi) is 7.29. The van der Waals surface area contributed by atoms with Gasteiger partial charge >= 0.3 is 0 Å². The number of hydrogen-bond donors (Lipinski definition) is 1. The summed E-state index contributed by atoms with van der Waals surface area (Å²) in [6, 6.07) is 0. The fourth-order valence-corrected chi connectivity index (χ4v) is 3.59. The van der Waals surface area contributed by atoms with E-state index in [-0.39, 0.29) is 5.41 Å². The van der Waals surface area contributed by atoms with Crippen LogP contribution in [0.4, 0.5) is 0 Å². The third-order valence-corrected chi connectivity index (χ3v) is 4.65. The van der Waals surface area contributed by atoms with Crippen LogP contribution in [0.1, 0.15) is 98.3 Å². The first kappa shape index (κ1) is 17.8. The summed E-state index contributed by atoms with van der Waals surface area (Å²) < 4.78 is 0. The maximum absolute atomic E-state index is 11.0. The topological polar surface area (TPSA) is 20.2 Å². The monoisotopic (exact) mass is 280 g/mol. The highest BCUT2D eigenvalue weighted by Crippen LogP contribution is 2.42. The Hall–Kier alpha value is -0.300. The fraction of sp³-hybridized carbons (Fsp3) is 0.895. The molecular weight excluding hydrogens is 244 g/mol. The Balaban J connectivity index is 2.60. The molecule has 1 N–H and O–H groups in total. The van der Waals surface area contributed by atoms with Crippen molar-refractivity contribution in [2.75, 3.05) is 0 Å². The molecule has 0 unspecified atom stereocenters. The van der Waals surface area contributed by atoms with Crippen molar-refractivity contribution in [3.05, 3.63) is 11.6 Å². The predicted molar refractivity (Wildman–Crippen MR) is 88.9 cm³/mol. The van der Waals surface area contributed by atoms with Crippen molar-refractivity contribution in [2.24, 2.45) is 5.41 Å². The zero-order chi connectivity index (χ0) is 15.1. The van der Waals surface area contributed by atoms with Gasteiger partial charge in [-0.05, 0) is 36.7 Å². The van der Waals surface area contributed by atoms with Gasteiger partial charge in [0.2, 0.25) is 0 Å². The highest BCUT2D eigenvalue weighted by atomic mass is 16.3. The molecular formula is C19H36O.